The van der Waals surface area contributed by atoms with Gasteiger partial charge in [-0.15, -0.1) is 11.3 Å². The van der Waals surface area contributed by atoms with Crippen molar-refractivity contribution >= 4 is 125 Å². The summed E-state index contributed by atoms with van der Waals surface area (Å²) in [6, 6.07) is 97.6. The molecule has 0 radical (unpaired) electrons. The van der Waals surface area contributed by atoms with Crippen LogP contribution in [-0.4, -0.2) is 24.1 Å². The minimum Gasteiger partial charge on any atom is -0.455 e. The average Bonchev–Trinajstić information content (AvgIpc) is 1.58. The molecule has 0 saturated heterocycles. The van der Waals surface area contributed by atoms with Crippen LogP contribution in [0, 0.1) is 6.57 Å². The predicted molar refractivity (Wildman–Crippen MR) is 375 cm³/mol. The maximum Gasteiger partial charge on any atom is 0.212 e. The number of benzene rings is 13. The molecular formula is C82H46N6O2S. The van der Waals surface area contributed by atoms with Gasteiger partial charge in [0.05, 0.1) is 50.8 Å². The van der Waals surface area contributed by atoms with E-state index >= 15 is 0 Å². The molecule has 13 aromatic carbocycles. The van der Waals surface area contributed by atoms with Crippen molar-refractivity contribution in [3.63, 3.8) is 0 Å². The van der Waals surface area contributed by atoms with Crippen LogP contribution in [0.1, 0.15) is 0 Å². The van der Waals surface area contributed by atoms with Gasteiger partial charge in [-0.3, -0.25) is 0 Å². The van der Waals surface area contributed by atoms with Gasteiger partial charge in [-0.25, -0.2) is 19.8 Å². The second-order valence-electron chi connectivity index (χ2n) is 23.2. The zero-order valence-electron chi connectivity index (χ0n) is 48.5. The number of hydrogen-bond acceptors (Lipinski definition) is 6. The molecule has 0 aliphatic rings. The van der Waals surface area contributed by atoms with Crippen LogP contribution in [0.3, 0.4) is 0 Å². The number of aromatic nitrogens is 5. The predicted octanol–water partition coefficient (Wildman–Crippen LogP) is 22.8. The van der Waals surface area contributed by atoms with Crippen molar-refractivity contribution in [3.05, 3.63) is 290 Å². The van der Waals surface area contributed by atoms with Gasteiger partial charge in [0.1, 0.15) is 22.3 Å². The molecule has 0 aliphatic heterocycles. The summed E-state index contributed by atoms with van der Waals surface area (Å²) in [4.78, 5) is 21.2. The molecule has 8 nitrogen and oxygen atoms in total. The van der Waals surface area contributed by atoms with Gasteiger partial charge in [0.2, 0.25) is 5.69 Å². The van der Waals surface area contributed by atoms with Gasteiger partial charge in [0.25, 0.3) is 0 Å². The Hall–Kier alpha value is -12.2. The van der Waals surface area contributed by atoms with Gasteiger partial charge in [0, 0.05) is 74.7 Å². The van der Waals surface area contributed by atoms with Crippen LogP contribution in [0.4, 0.5) is 5.69 Å². The van der Waals surface area contributed by atoms with E-state index in [4.69, 9.17) is 23.8 Å². The van der Waals surface area contributed by atoms with E-state index in [9.17, 15) is 6.57 Å². The lowest BCUT2D eigenvalue weighted by Gasteiger charge is -2.24. The molecule has 9 heteroatoms. The summed E-state index contributed by atoms with van der Waals surface area (Å²) < 4.78 is 21.1. The molecular weight excluding hydrogens is 1130 g/mol. The van der Waals surface area contributed by atoms with Crippen molar-refractivity contribution in [2.24, 2.45) is 0 Å². The number of nitrogens with zero attached hydrogens (tertiary/aromatic N) is 6. The summed E-state index contributed by atoms with van der Waals surface area (Å²) >= 11 is 1.76. The minimum atomic E-state index is 0.398. The number of para-hydroxylation sites is 2. The summed E-state index contributed by atoms with van der Waals surface area (Å²) in [5, 5.41) is 10.4. The van der Waals surface area contributed by atoms with Crippen LogP contribution >= 0.6 is 11.3 Å². The molecule has 0 saturated carbocycles. The largest absolute Gasteiger partial charge is 0.455 e. The summed E-state index contributed by atoms with van der Waals surface area (Å²) in [5.74, 6) is 1.42. The Bertz CT molecular complexity index is 6270. The molecule has 0 amide bonds. The van der Waals surface area contributed by atoms with Crippen molar-refractivity contribution in [1.29, 1.82) is 0 Å². The number of furan rings is 2. The molecule has 0 aliphatic carbocycles. The Labute approximate surface area is 523 Å². The first-order valence-corrected chi connectivity index (χ1v) is 31.2. The monoisotopic (exact) mass is 1180 g/mol. The molecule has 0 atom stereocenters. The quantitative estimate of drug-likeness (QED) is 0.142. The first-order valence-electron chi connectivity index (χ1n) is 30.3. The van der Waals surface area contributed by atoms with Crippen molar-refractivity contribution < 1.29 is 8.83 Å². The van der Waals surface area contributed by atoms with E-state index in [2.05, 4.69) is 226 Å². The third-order valence-corrected chi connectivity index (χ3v) is 19.3. The lowest BCUT2D eigenvalue weighted by molar-refractivity contribution is 0.672. The van der Waals surface area contributed by atoms with Crippen LogP contribution in [0.15, 0.2) is 288 Å². The lowest BCUT2D eigenvalue weighted by Crippen LogP contribution is -2.08. The highest BCUT2D eigenvalue weighted by atomic mass is 32.1. The van der Waals surface area contributed by atoms with Crippen LogP contribution in [0.25, 0.3) is 191 Å². The van der Waals surface area contributed by atoms with E-state index in [-0.39, 0.29) is 0 Å². The van der Waals surface area contributed by atoms with E-state index < -0.39 is 0 Å². The molecule has 0 spiro atoms. The molecule has 19 aromatic rings. The molecule has 91 heavy (non-hydrogen) atoms. The van der Waals surface area contributed by atoms with Crippen molar-refractivity contribution in [1.82, 2.24) is 24.1 Å². The van der Waals surface area contributed by atoms with Crippen molar-refractivity contribution in [3.8, 4) is 78.9 Å². The van der Waals surface area contributed by atoms with Crippen molar-refractivity contribution in [2.75, 3.05) is 0 Å². The van der Waals surface area contributed by atoms with Gasteiger partial charge in [0.15, 0.2) is 17.5 Å². The highest BCUT2D eigenvalue weighted by Gasteiger charge is 2.32. The summed E-state index contributed by atoms with van der Waals surface area (Å²) in [7, 11) is 0. The molecule has 0 fully saturated rings. The standard InChI is InChI=1S/C82H46N6O2S/c1-83-64-47-63(82-85-80(51-26-12-5-13-27-51)84-81(86-82)54-34-37-58-57-30-16-19-33-71(57)91-72(58)46-54)76(87-65-40-35-52(48-20-6-2-7-21-48)44-61(65)74-67(87)42-38-59-55-28-14-17-31-69(55)89-78(59)74)73(50-24-10-4-11-25-50)77(64)88-66-41-36-53(49-22-8-3-9-23-49)45-62(66)75-68(88)43-39-60-56-29-15-18-32-70(56)90-79(60)75/h2-47H. The second-order valence-corrected chi connectivity index (χ2v) is 24.3. The number of fused-ring (bicyclic) bond motifs is 17. The zero-order chi connectivity index (χ0) is 59.8. The van der Waals surface area contributed by atoms with Gasteiger partial charge in [-0.2, -0.15) is 0 Å². The Morgan fingerprint density at radius 1 is 0.319 bits per heavy atom. The van der Waals surface area contributed by atoms with E-state index in [1.165, 1.54) is 15.5 Å². The zero-order valence-corrected chi connectivity index (χ0v) is 49.3. The fourth-order valence-corrected chi connectivity index (χ4v) is 15.3. The van der Waals surface area contributed by atoms with Gasteiger partial charge in [-0.1, -0.05) is 200 Å². The Kier molecular flexibility index (Phi) is 11.1. The normalized spacial score (nSPS) is 11.9. The maximum absolute atomic E-state index is 9.63. The van der Waals surface area contributed by atoms with Crippen LogP contribution < -0.4 is 0 Å². The smallest absolute Gasteiger partial charge is 0.212 e. The number of hydrogen-bond donors (Lipinski definition) is 0. The van der Waals surface area contributed by atoms with Gasteiger partial charge < -0.3 is 18.0 Å². The fraction of sp³-hybridized carbons (Fsp3) is 0. The van der Waals surface area contributed by atoms with Crippen LogP contribution in [0.2, 0.25) is 0 Å². The number of rotatable bonds is 8. The summed E-state index contributed by atoms with van der Waals surface area (Å²) in [6.07, 6.45) is 0. The molecule has 0 bridgehead atoms. The van der Waals surface area contributed by atoms with E-state index in [0.29, 0.717) is 34.4 Å². The summed E-state index contributed by atoms with van der Waals surface area (Å²) in [5.41, 5.74) is 17.0. The van der Waals surface area contributed by atoms with Crippen LogP contribution in [-0.2, 0) is 0 Å². The Balaban J connectivity index is 1.00. The van der Waals surface area contributed by atoms with E-state index in [0.717, 1.165) is 142 Å². The van der Waals surface area contributed by atoms with Gasteiger partial charge in [-0.05, 0) is 107 Å². The molecule has 0 unspecified atom stereocenters. The Morgan fingerprint density at radius 3 is 1.33 bits per heavy atom. The van der Waals surface area contributed by atoms with Crippen LogP contribution in [0.5, 0.6) is 0 Å². The molecule has 0 N–H and O–H groups in total. The highest BCUT2D eigenvalue weighted by Crippen LogP contribution is 2.53. The van der Waals surface area contributed by atoms with E-state index in [1.807, 2.05) is 66.7 Å². The first-order chi connectivity index (χ1) is 45.1. The maximum atomic E-state index is 9.63. The van der Waals surface area contributed by atoms with Gasteiger partial charge >= 0.3 is 0 Å². The lowest BCUT2D eigenvalue weighted by atomic mass is 9.94. The molecule has 19 rings (SSSR count). The molecule has 422 valence electrons. The Morgan fingerprint density at radius 2 is 0.758 bits per heavy atom. The topological polar surface area (TPSA) is 79.2 Å². The average molecular weight is 1180 g/mol. The second kappa shape index (κ2) is 19.9. The third-order valence-electron chi connectivity index (χ3n) is 18.2. The SMILES string of the molecule is [C-]#[N+]c1cc(-c2nc(-c3ccccc3)nc(-c3ccc4c(c3)sc3ccccc34)n2)c(-n2c3ccc(-c4ccccc4)cc3c3c4oc5ccccc5c4ccc32)c(-c2ccccc2)c1-n1c2ccc(-c3ccccc3)cc2c2c3oc4ccccc4c3ccc21. The fourth-order valence-electron chi connectivity index (χ4n) is 14.1. The molecule has 6 aromatic heterocycles. The highest BCUT2D eigenvalue weighted by molar-refractivity contribution is 7.25. The third kappa shape index (κ3) is 7.77. The minimum absolute atomic E-state index is 0.398. The number of thiophene rings is 1. The van der Waals surface area contributed by atoms with E-state index in [1.54, 1.807) is 11.3 Å². The van der Waals surface area contributed by atoms with Crippen molar-refractivity contribution in [2.45, 2.75) is 0 Å². The summed E-state index contributed by atoms with van der Waals surface area (Å²) in [6.45, 7) is 9.63. The first kappa shape index (κ1) is 50.9. The molecule has 6 heterocycles.